The van der Waals surface area contributed by atoms with Crippen LogP contribution in [0.15, 0.2) is 77.7 Å². The fourth-order valence-electron chi connectivity index (χ4n) is 4.84. The van der Waals surface area contributed by atoms with Gasteiger partial charge >= 0.3 is 0 Å². The Labute approximate surface area is 193 Å². The number of aromatic nitrogens is 2. The monoisotopic (exact) mass is 440 g/mol. The van der Waals surface area contributed by atoms with Crippen LogP contribution in [0.2, 0.25) is 0 Å². The van der Waals surface area contributed by atoms with Crippen molar-refractivity contribution in [2.75, 3.05) is 5.32 Å². The molecule has 0 radical (unpaired) electrons. The van der Waals surface area contributed by atoms with Crippen LogP contribution >= 0.6 is 0 Å². The van der Waals surface area contributed by atoms with E-state index in [-0.39, 0.29) is 23.4 Å². The number of carbonyl (C=O) groups is 1. The van der Waals surface area contributed by atoms with Crippen LogP contribution < -0.4 is 10.9 Å². The quantitative estimate of drug-likeness (QED) is 0.643. The summed E-state index contributed by atoms with van der Waals surface area (Å²) >= 11 is 0. The van der Waals surface area contributed by atoms with E-state index in [1.165, 1.54) is 0 Å². The maximum absolute atomic E-state index is 13.7. The number of fused-ring (bicyclic) bond motifs is 1. The molecular formula is C27H28N4O2. The summed E-state index contributed by atoms with van der Waals surface area (Å²) in [6.45, 7) is 3.08. The molecule has 3 heterocycles. The minimum Gasteiger partial charge on any atom is -0.356 e. The third-order valence-corrected chi connectivity index (χ3v) is 6.58. The number of nitrogens with zero attached hydrogens (tertiary/aromatic N) is 3. The molecule has 5 rings (SSSR count). The SMILES string of the molecule is CC1CCC(=O)N(Cc2ccccc2)C1c1nc2c(c(=O)n1Cc1ccccc1)NC=CC2. The second-order valence-corrected chi connectivity index (χ2v) is 8.89. The number of hydrogen-bond donors (Lipinski definition) is 1. The number of piperidine rings is 1. The number of rotatable bonds is 5. The van der Waals surface area contributed by atoms with E-state index in [9.17, 15) is 9.59 Å². The Morgan fingerprint density at radius 1 is 0.970 bits per heavy atom. The Balaban J connectivity index is 1.64. The smallest absolute Gasteiger partial charge is 0.277 e. The summed E-state index contributed by atoms with van der Waals surface area (Å²) in [5, 5.41) is 3.10. The zero-order valence-corrected chi connectivity index (χ0v) is 18.8. The molecule has 0 spiro atoms. The first-order valence-electron chi connectivity index (χ1n) is 11.5. The maximum atomic E-state index is 13.7. The van der Waals surface area contributed by atoms with Crippen molar-refractivity contribution >= 4 is 11.6 Å². The van der Waals surface area contributed by atoms with Crippen LogP contribution in [-0.4, -0.2) is 20.4 Å². The van der Waals surface area contributed by atoms with Crippen LogP contribution in [0.25, 0.3) is 0 Å². The molecule has 6 nitrogen and oxygen atoms in total. The lowest BCUT2D eigenvalue weighted by molar-refractivity contribution is -0.140. The van der Waals surface area contributed by atoms with E-state index >= 15 is 0 Å². The highest BCUT2D eigenvalue weighted by molar-refractivity contribution is 5.77. The van der Waals surface area contributed by atoms with Gasteiger partial charge in [0.05, 0.1) is 18.3 Å². The summed E-state index contributed by atoms with van der Waals surface area (Å²) in [7, 11) is 0. The van der Waals surface area contributed by atoms with Crippen LogP contribution in [-0.2, 0) is 24.3 Å². The summed E-state index contributed by atoms with van der Waals surface area (Å²) in [5.74, 6) is 0.972. The third kappa shape index (κ3) is 4.21. The van der Waals surface area contributed by atoms with Crippen molar-refractivity contribution in [3.8, 4) is 0 Å². The van der Waals surface area contributed by atoms with E-state index in [2.05, 4.69) is 12.2 Å². The summed E-state index contributed by atoms with van der Waals surface area (Å²) in [5.41, 5.74) is 3.28. The van der Waals surface area contributed by atoms with Crippen molar-refractivity contribution in [3.63, 3.8) is 0 Å². The van der Waals surface area contributed by atoms with Gasteiger partial charge in [-0.05, 0) is 29.7 Å². The van der Waals surface area contributed by atoms with Crippen molar-refractivity contribution < 1.29 is 4.79 Å². The maximum Gasteiger partial charge on any atom is 0.277 e. The number of allylic oxidation sites excluding steroid dienone is 1. The topological polar surface area (TPSA) is 67.2 Å². The lowest BCUT2D eigenvalue weighted by Crippen LogP contribution is -2.45. The highest BCUT2D eigenvalue weighted by Crippen LogP contribution is 2.37. The Morgan fingerprint density at radius 3 is 2.33 bits per heavy atom. The van der Waals surface area contributed by atoms with E-state index in [0.29, 0.717) is 37.4 Å². The molecule has 168 valence electrons. The molecule has 1 saturated heterocycles. The second-order valence-electron chi connectivity index (χ2n) is 8.89. The van der Waals surface area contributed by atoms with E-state index in [4.69, 9.17) is 4.98 Å². The lowest BCUT2D eigenvalue weighted by atomic mass is 9.88. The Morgan fingerprint density at radius 2 is 1.64 bits per heavy atom. The van der Waals surface area contributed by atoms with Crippen molar-refractivity contribution in [2.45, 2.75) is 45.3 Å². The van der Waals surface area contributed by atoms with Gasteiger partial charge < -0.3 is 10.2 Å². The van der Waals surface area contributed by atoms with E-state index in [0.717, 1.165) is 23.2 Å². The fraction of sp³-hybridized carbons (Fsp3) is 0.296. The molecule has 0 saturated carbocycles. The molecule has 2 atom stereocenters. The molecule has 2 aliphatic rings. The normalized spacial score (nSPS) is 19.8. The number of likely N-dealkylation sites (tertiary alicyclic amines) is 1. The summed E-state index contributed by atoms with van der Waals surface area (Å²) in [6.07, 6.45) is 5.67. The zero-order chi connectivity index (χ0) is 22.8. The largest absolute Gasteiger partial charge is 0.356 e. The predicted octanol–water partition coefficient (Wildman–Crippen LogP) is 4.27. The average molecular weight is 441 g/mol. The molecule has 1 N–H and O–H groups in total. The van der Waals surface area contributed by atoms with Gasteiger partial charge in [0.15, 0.2) is 0 Å². The number of amides is 1. The zero-order valence-electron chi connectivity index (χ0n) is 18.8. The van der Waals surface area contributed by atoms with Gasteiger partial charge in [0, 0.05) is 19.4 Å². The van der Waals surface area contributed by atoms with Crippen LogP contribution in [0.3, 0.4) is 0 Å². The van der Waals surface area contributed by atoms with E-state index in [1.807, 2.05) is 71.6 Å². The average Bonchev–Trinajstić information content (AvgIpc) is 2.85. The number of carbonyl (C=O) groups excluding carboxylic acids is 1. The van der Waals surface area contributed by atoms with Gasteiger partial charge in [-0.3, -0.25) is 14.2 Å². The number of nitrogens with one attached hydrogen (secondary N) is 1. The minimum absolute atomic E-state index is 0.0897. The summed E-state index contributed by atoms with van der Waals surface area (Å²) in [4.78, 5) is 33.8. The van der Waals surface area contributed by atoms with Gasteiger partial charge in [0.25, 0.3) is 5.56 Å². The predicted molar refractivity (Wildman–Crippen MR) is 129 cm³/mol. The molecule has 3 aromatic rings. The van der Waals surface area contributed by atoms with Crippen LogP contribution in [0.4, 0.5) is 5.69 Å². The molecule has 2 aromatic carbocycles. The number of anilines is 1. The van der Waals surface area contributed by atoms with Gasteiger partial charge in [0.1, 0.15) is 11.5 Å². The highest BCUT2D eigenvalue weighted by atomic mass is 16.2. The number of benzene rings is 2. The molecule has 2 aliphatic heterocycles. The molecule has 1 amide bonds. The van der Waals surface area contributed by atoms with Crippen molar-refractivity contribution in [1.29, 1.82) is 0 Å². The second kappa shape index (κ2) is 9.06. The summed E-state index contributed by atoms with van der Waals surface area (Å²) in [6, 6.07) is 19.7. The van der Waals surface area contributed by atoms with Gasteiger partial charge in [0.2, 0.25) is 5.91 Å². The Hall–Kier alpha value is -3.67. The van der Waals surface area contributed by atoms with Crippen molar-refractivity contribution in [2.24, 2.45) is 5.92 Å². The lowest BCUT2D eigenvalue weighted by Gasteiger charge is -2.40. The fourth-order valence-corrected chi connectivity index (χ4v) is 4.84. The molecule has 33 heavy (non-hydrogen) atoms. The van der Waals surface area contributed by atoms with E-state index in [1.54, 1.807) is 10.8 Å². The van der Waals surface area contributed by atoms with Gasteiger partial charge in [-0.2, -0.15) is 0 Å². The Kier molecular flexibility index (Phi) is 5.82. The standard InChI is InChI=1S/C27H28N4O2/c1-19-14-15-23(32)30(17-20-9-4-2-5-10-20)25(19)26-29-22-13-8-16-28-24(22)27(33)31(26)18-21-11-6-3-7-12-21/h2-12,16,19,25,28H,13-15,17-18H2,1H3. The van der Waals surface area contributed by atoms with Crippen molar-refractivity contribution in [1.82, 2.24) is 14.5 Å². The van der Waals surface area contributed by atoms with Gasteiger partial charge in [-0.15, -0.1) is 0 Å². The minimum atomic E-state index is -0.265. The molecule has 0 bridgehead atoms. The molecular weight excluding hydrogens is 412 g/mol. The van der Waals surface area contributed by atoms with Gasteiger partial charge in [-0.1, -0.05) is 73.7 Å². The summed E-state index contributed by atoms with van der Waals surface area (Å²) < 4.78 is 1.76. The van der Waals surface area contributed by atoms with Gasteiger partial charge in [-0.25, -0.2) is 4.98 Å². The third-order valence-electron chi connectivity index (χ3n) is 6.58. The molecule has 6 heteroatoms. The molecule has 1 aromatic heterocycles. The Bertz CT molecular complexity index is 1230. The van der Waals surface area contributed by atoms with Crippen LogP contribution in [0.5, 0.6) is 0 Å². The van der Waals surface area contributed by atoms with Crippen molar-refractivity contribution in [3.05, 3.63) is 106 Å². The molecule has 2 unspecified atom stereocenters. The first-order valence-corrected chi connectivity index (χ1v) is 11.5. The highest BCUT2D eigenvalue weighted by Gasteiger charge is 2.38. The molecule has 1 fully saturated rings. The first-order chi connectivity index (χ1) is 16.1. The number of hydrogen-bond acceptors (Lipinski definition) is 4. The molecule has 0 aliphatic carbocycles. The first kappa shape index (κ1) is 21.2. The van der Waals surface area contributed by atoms with E-state index < -0.39 is 0 Å². The van der Waals surface area contributed by atoms with Crippen LogP contribution in [0.1, 0.15) is 48.5 Å². The van der Waals surface area contributed by atoms with Crippen LogP contribution in [0, 0.1) is 5.92 Å².